The molecule has 6 heteroatoms. The number of unbranched alkanes of at least 4 members (excludes halogenated alkanes) is 38. The van der Waals surface area contributed by atoms with Crippen LogP contribution < -0.4 is 5.32 Å². The predicted octanol–water partition coefficient (Wildman–Crippen LogP) is 15.7. The smallest absolute Gasteiger partial charge is 0.305 e. The number of rotatable bonds is 49. The fourth-order valence-corrected chi connectivity index (χ4v) is 8.22. The summed E-state index contributed by atoms with van der Waals surface area (Å²) >= 11 is 0. The second kappa shape index (κ2) is 49.3. The van der Waals surface area contributed by atoms with Crippen molar-refractivity contribution in [3.63, 3.8) is 0 Å². The lowest BCUT2D eigenvalue weighted by atomic mass is 10.0. The maximum Gasteiger partial charge on any atom is 0.305 e. The summed E-state index contributed by atoms with van der Waals surface area (Å²) in [5, 5.41) is 22.9. The van der Waals surface area contributed by atoms with Crippen molar-refractivity contribution in [2.45, 2.75) is 302 Å². The molecule has 0 saturated carbocycles. The van der Waals surface area contributed by atoms with Crippen LogP contribution in [-0.4, -0.2) is 47.4 Å². The first kappa shape index (κ1) is 57.6. The standard InChI is InChI=1S/C53H103NO5/c1-3-5-7-9-11-13-15-16-17-21-24-27-31-35-39-43-47-53(58)59-48-44-40-36-32-28-25-22-19-18-20-23-26-30-34-38-42-46-52(57)54-50(49-55)51(56)45-41-37-33-29-14-12-10-8-6-4-2/h41,45,50-51,55-56H,3-40,42-44,46-49H2,1-2H3,(H,54,57)/b45-41+. The average Bonchev–Trinajstić information content (AvgIpc) is 3.24. The Morgan fingerprint density at radius 2 is 0.780 bits per heavy atom. The number of ether oxygens (including phenoxy) is 1. The molecule has 0 saturated heterocycles. The quantitative estimate of drug-likeness (QED) is 0.0322. The highest BCUT2D eigenvalue weighted by Crippen LogP contribution is 2.17. The van der Waals surface area contributed by atoms with Gasteiger partial charge >= 0.3 is 5.97 Å². The number of esters is 1. The second-order valence-corrected chi connectivity index (χ2v) is 18.2. The Hall–Kier alpha value is -1.40. The molecule has 1 amide bonds. The van der Waals surface area contributed by atoms with Gasteiger partial charge in [-0.1, -0.05) is 257 Å². The first-order chi connectivity index (χ1) is 29.0. The van der Waals surface area contributed by atoms with E-state index in [0.29, 0.717) is 19.4 Å². The molecule has 0 bridgehead atoms. The third-order valence-electron chi connectivity index (χ3n) is 12.3. The molecule has 0 fully saturated rings. The number of aliphatic hydroxyl groups is 2. The monoisotopic (exact) mass is 834 g/mol. The fraction of sp³-hybridized carbons (Fsp3) is 0.925. The second-order valence-electron chi connectivity index (χ2n) is 18.2. The van der Waals surface area contributed by atoms with E-state index in [0.717, 1.165) is 44.9 Å². The molecule has 3 N–H and O–H groups in total. The van der Waals surface area contributed by atoms with E-state index in [-0.39, 0.29) is 18.5 Å². The van der Waals surface area contributed by atoms with Crippen molar-refractivity contribution < 1.29 is 24.5 Å². The van der Waals surface area contributed by atoms with Crippen LogP contribution in [0.1, 0.15) is 290 Å². The van der Waals surface area contributed by atoms with E-state index in [4.69, 9.17) is 4.74 Å². The zero-order chi connectivity index (χ0) is 43.0. The number of nitrogens with one attached hydrogen (secondary N) is 1. The number of amides is 1. The number of carbonyl (C=O) groups is 2. The third-order valence-corrected chi connectivity index (χ3v) is 12.3. The minimum absolute atomic E-state index is 0.00545. The minimum Gasteiger partial charge on any atom is -0.466 e. The largest absolute Gasteiger partial charge is 0.466 e. The van der Waals surface area contributed by atoms with Crippen LogP contribution in [0.5, 0.6) is 0 Å². The SMILES string of the molecule is CCCCCCCCCC/C=C/C(O)C(CO)NC(=O)CCCCCCCCCCCCCCCCCCOC(=O)CCCCCCCCCCCCCCCCCC. The Morgan fingerprint density at radius 3 is 1.15 bits per heavy atom. The van der Waals surface area contributed by atoms with Crippen molar-refractivity contribution in [3.05, 3.63) is 12.2 Å². The van der Waals surface area contributed by atoms with Crippen molar-refractivity contribution in [2.75, 3.05) is 13.2 Å². The zero-order valence-corrected chi connectivity index (χ0v) is 39.7. The molecule has 0 radical (unpaired) electrons. The van der Waals surface area contributed by atoms with E-state index >= 15 is 0 Å². The van der Waals surface area contributed by atoms with Gasteiger partial charge in [0.25, 0.3) is 0 Å². The predicted molar refractivity (Wildman–Crippen MR) is 255 cm³/mol. The first-order valence-electron chi connectivity index (χ1n) is 26.5. The van der Waals surface area contributed by atoms with Gasteiger partial charge in [0, 0.05) is 12.8 Å². The lowest BCUT2D eigenvalue weighted by Crippen LogP contribution is -2.45. The molecule has 0 aliphatic rings. The van der Waals surface area contributed by atoms with Crippen LogP contribution in [0.2, 0.25) is 0 Å². The van der Waals surface area contributed by atoms with Gasteiger partial charge in [-0.25, -0.2) is 0 Å². The number of allylic oxidation sites excluding steroid dienone is 1. The molecule has 2 unspecified atom stereocenters. The molecule has 0 rings (SSSR count). The molecular formula is C53H103NO5. The molecule has 0 aromatic heterocycles. The molecule has 0 aromatic rings. The highest BCUT2D eigenvalue weighted by molar-refractivity contribution is 5.76. The molecular weight excluding hydrogens is 731 g/mol. The summed E-state index contributed by atoms with van der Waals surface area (Å²) in [5.74, 6) is -0.0704. The van der Waals surface area contributed by atoms with Gasteiger partial charge in [0.05, 0.1) is 25.4 Å². The van der Waals surface area contributed by atoms with Crippen LogP contribution in [0.4, 0.5) is 0 Å². The number of hydrogen-bond donors (Lipinski definition) is 3. The average molecular weight is 834 g/mol. The van der Waals surface area contributed by atoms with E-state index in [2.05, 4.69) is 19.2 Å². The lowest BCUT2D eigenvalue weighted by molar-refractivity contribution is -0.143. The molecule has 0 spiro atoms. The Balaban J connectivity index is 3.40. The Morgan fingerprint density at radius 1 is 0.458 bits per heavy atom. The van der Waals surface area contributed by atoms with Crippen molar-refractivity contribution in [1.29, 1.82) is 0 Å². The van der Waals surface area contributed by atoms with E-state index in [1.54, 1.807) is 6.08 Å². The van der Waals surface area contributed by atoms with Gasteiger partial charge < -0.3 is 20.3 Å². The molecule has 59 heavy (non-hydrogen) atoms. The summed E-state index contributed by atoms with van der Waals surface area (Å²) < 4.78 is 5.48. The van der Waals surface area contributed by atoms with Gasteiger partial charge in [-0.3, -0.25) is 9.59 Å². The Labute approximate surface area is 368 Å². The summed E-state index contributed by atoms with van der Waals surface area (Å²) in [6.45, 7) is 4.88. The van der Waals surface area contributed by atoms with Crippen LogP contribution in [0.15, 0.2) is 12.2 Å². The van der Waals surface area contributed by atoms with Crippen LogP contribution in [0.3, 0.4) is 0 Å². The van der Waals surface area contributed by atoms with Gasteiger partial charge in [0.2, 0.25) is 5.91 Å². The van der Waals surface area contributed by atoms with Crippen molar-refractivity contribution in [1.82, 2.24) is 5.32 Å². The summed E-state index contributed by atoms with van der Waals surface area (Å²) in [6, 6.07) is -0.630. The van der Waals surface area contributed by atoms with Crippen LogP contribution >= 0.6 is 0 Å². The molecule has 6 nitrogen and oxygen atoms in total. The van der Waals surface area contributed by atoms with Crippen LogP contribution in [0.25, 0.3) is 0 Å². The molecule has 2 atom stereocenters. The van der Waals surface area contributed by atoms with Crippen molar-refractivity contribution >= 4 is 11.9 Å². The summed E-state index contributed by atoms with van der Waals surface area (Å²) in [6.07, 6.45) is 56.5. The van der Waals surface area contributed by atoms with Gasteiger partial charge in [-0.05, 0) is 32.1 Å². The number of hydrogen-bond acceptors (Lipinski definition) is 5. The number of carbonyl (C=O) groups excluding carboxylic acids is 2. The van der Waals surface area contributed by atoms with Gasteiger partial charge in [0.1, 0.15) is 0 Å². The molecule has 0 heterocycles. The summed E-state index contributed by atoms with van der Waals surface area (Å²) in [7, 11) is 0. The van der Waals surface area contributed by atoms with E-state index < -0.39 is 12.1 Å². The van der Waals surface area contributed by atoms with Crippen LogP contribution in [-0.2, 0) is 14.3 Å². The third kappa shape index (κ3) is 45.9. The van der Waals surface area contributed by atoms with E-state index in [1.807, 2.05) is 6.08 Å². The maximum absolute atomic E-state index is 12.4. The van der Waals surface area contributed by atoms with Gasteiger partial charge in [0.15, 0.2) is 0 Å². The van der Waals surface area contributed by atoms with E-state index in [1.165, 1.54) is 218 Å². The molecule has 0 aliphatic heterocycles. The van der Waals surface area contributed by atoms with Gasteiger partial charge in [-0.15, -0.1) is 0 Å². The van der Waals surface area contributed by atoms with Gasteiger partial charge in [-0.2, -0.15) is 0 Å². The van der Waals surface area contributed by atoms with Crippen molar-refractivity contribution in [2.24, 2.45) is 0 Å². The summed E-state index contributed by atoms with van der Waals surface area (Å²) in [5.41, 5.74) is 0. The molecule has 350 valence electrons. The molecule has 0 aliphatic carbocycles. The normalized spacial score (nSPS) is 12.7. The Kier molecular flexibility index (Phi) is 48.1. The maximum atomic E-state index is 12.4. The van der Waals surface area contributed by atoms with E-state index in [9.17, 15) is 19.8 Å². The Bertz CT molecular complexity index is 878. The zero-order valence-electron chi connectivity index (χ0n) is 39.7. The fourth-order valence-electron chi connectivity index (χ4n) is 8.22. The lowest BCUT2D eigenvalue weighted by Gasteiger charge is -2.20. The first-order valence-corrected chi connectivity index (χ1v) is 26.5. The number of aliphatic hydroxyl groups excluding tert-OH is 2. The minimum atomic E-state index is -0.846. The van der Waals surface area contributed by atoms with Crippen molar-refractivity contribution in [3.8, 4) is 0 Å². The highest BCUT2D eigenvalue weighted by atomic mass is 16.5. The topological polar surface area (TPSA) is 95.9 Å². The van der Waals surface area contributed by atoms with Crippen LogP contribution in [0, 0.1) is 0 Å². The summed E-state index contributed by atoms with van der Waals surface area (Å²) in [4.78, 5) is 24.4. The molecule has 0 aromatic carbocycles. The highest BCUT2D eigenvalue weighted by Gasteiger charge is 2.18.